The van der Waals surface area contributed by atoms with Gasteiger partial charge in [-0.2, -0.15) is 0 Å². The van der Waals surface area contributed by atoms with Crippen molar-refractivity contribution in [3.8, 4) is 0 Å². The van der Waals surface area contributed by atoms with Crippen molar-refractivity contribution in [2.45, 2.75) is 96.7 Å². The second-order valence-corrected chi connectivity index (χ2v) is 12.0. The number of amides is 2. The number of nitrogens with zero attached hydrogens (tertiary/aromatic N) is 5. The first-order valence-corrected chi connectivity index (χ1v) is 12.5. The van der Waals surface area contributed by atoms with Crippen LogP contribution in [0, 0.1) is 5.41 Å². The van der Waals surface area contributed by atoms with E-state index >= 15 is 0 Å². The quantitative estimate of drug-likeness (QED) is 0.615. The molecule has 3 atom stereocenters. The average molecular weight is 487 g/mol. The van der Waals surface area contributed by atoms with E-state index in [-0.39, 0.29) is 30.2 Å². The highest BCUT2D eigenvalue weighted by atomic mass is 16.5. The van der Waals surface area contributed by atoms with Gasteiger partial charge >= 0.3 is 0 Å². The number of carbonyl (C=O) groups excluding carboxylic acids is 2. The van der Waals surface area contributed by atoms with Gasteiger partial charge in [-0.25, -0.2) is 4.68 Å². The van der Waals surface area contributed by atoms with Crippen molar-refractivity contribution in [1.82, 2.24) is 30.4 Å². The number of β-amino-alcohol motifs (C(OH)–C–C–N with tert-alkyl or cyclic N) is 1. The maximum Gasteiger partial charge on any atom is 0.248 e. The Balaban J connectivity index is 1.43. The van der Waals surface area contributed by atoms with Crippen LogP contribution in [-0.2, 0) is 21.4 Å². The third-order valence-corrected chi connectivity index (χ3v) is 6.69. The maximum absolute atomic E-state index is 13.8. The molecule has 1 saturated heterocycles. The molecule has 0 radical (unpaired) electrons. The molecule has 2 fully saturated rings. The monoisotopic (exact) mass is 486 g/mol. The predicted octanol–water partition coefficient (Wildman–Crippen LogP) is 2.35. The van der Waals surface area contributed by atoms with Gasteiger partial charge in [0.25, 0.3) is 0 Å². The van der Waals surface area contributed by atoms with E-state index < -0.39 is 23.6 Å². The molecule has 3 heterocycles. The lowest BCUT2D eigenvalue weighted by atomic mass is 9.85. The van der Waals surface area contributed by atoms with Crippen molar-refractivity contribution in [3.63, 3.8) is 0 Å². The molecule has 0 aromatic carbocycles. The molecule has 192 valence electrons. The Morgan fingerprint density at radius 2 is 1.94 bits per heavy atom. The highest BCUT2D eigenvalue weighted by molar-refractivity contribution is 5.90. The smallest absolute Gasteiger partial charge is 0.248 e. The summed E-state index contributed by atoms with van der Waals surface area (Å²) in [6.07, 6.45) is 4.02. The lowest BCUT2D eigenvalue weighted by Crippen LogP contribution is -2.50. The van der Waals surface area contributed by atoms with Gasteiger partial charge < -0.3 is 19.8 Å². The van der Waals surface area contributed by atoms with Crippen molar-refractivity contribution in [3.05, 3.63) is 29.4 Å². The summed E-state index contributed by atoms with van der Waals surface area (Å²) in [5.41, 5.74) is 1.07. The van der Waals surface area contributed by atoms with E-state index in [9.17, 15) is 14.7 Å². The standard InChI is InChI=1S/C25H38N6O4/c1-24(2,3)20-11-16(28-35-20)9-10-26-22(33)19-12-17(32)13-30(19)23(34)21(25(4,5)6)31-14-18(27-29-31)15-7-8-15/h11,14-15,17,19,21,32H,7-10,12-13H2,1-6H3,(H,26,33)/t17?,19?,21-/m1/s1. The van der Waals surface area contributed by atoms with Gasteiger partial charge in [0.1, 0.15) is 17.8 Å². The zero-order valence-electron chi connectivity index (χ0n) is 21.6. The molecular formula is C25H38N6O4. The molecule has 1 aliphatic carbocycles. The van der Waals surface area contributed by atoms with E-state index in [0.29, 0.717) is 18.9 Å². The number of likely N-dealkylation sites (tertiary alicyclic amines) is 1. The first-order chi connectivity index (χ1) is 16.3. The molecule has 1 saturated carbocycles. The fraction of sp³-hybridized carbons (Fsp3) is 0.720. The molecular weight excluding hydrogens is 448 g/mol. The summed E-state index contributed by atoms with van der Waals surface area (Å²) in [6.45, 7) is 12.5. The Hall–Kier alpha value is -2.75. The van der Waals surface area contributed by atoms with Gasteiger partial charge in [0, 0.05) is 49.5 Å². The Labute approximate surface area is 206 Å². The molecule has 10 nitrogen and oxygen atoms in total. The molecule has 2 aromatic heterocycles. The van der Waals surface area contributed by atoms with Crippen LogP contribution >= 0.6 is 0 Å². The molecule has 1 aliphatic heterocycles. The van der Waals surface area contributed by atoms with Crippen LogP contribution in [0.3, 0.4) is 0 Å². The Kier molecular flexibility index (Phi) is 6.78. The number of hydrogen-bond acceptors (Lipinski definition) is 7. The molecule has 2 unspecified atom stereocenters. The zero-order valence-corrected chi connectivity index (χ0v) is 21.6. The minimum atomic E-state index is -0.752. The highest BCUT2D eigenvalue weighted by Gasteiger charge is 2.45. The largest absolute Gasteiger partial charge is 0.391 e. The summed E-state index contributed by atoms with van der Waals surface area (Å²) in [5.74, 6) is 0.712. The summed E-state index contributed by atoms with van der Waals surface area (Å²) in [6, 6.07) is 0.536. The summed E-state index contributed by atoms with van der Waals surface area (Å²) in [5, 5.41) is 25.9. The van der Waals surface area contributed by atoms with Gasteiger partial charge in [-0.15, -0.1) is 5.10 Å². The van der Waals surface area contributed by atoms with Crippen molar-refractivity contribution in [1.29, 1.82) is 0 Å². The predicted molar refractivity (Wildman–Crippen MR) is 129 cm³/mol. The summed E-state index contributed by atoms with van der Waals surface area (Å²) >= 11 is 0. The number of aromatic nitrogens is 4. The first kappa shape index (κ1) is 25.3. The van der Waals surface area contributed by atoms with Gasteiger partial charge in [-0.1, -0.05) is 51.9 Å². The van der Waals surface area contributed by atoms with Crippen molar-refractivity contribution in [2.75, 3.05) is 13.1 Å². The van der Waals surface area contributed by atoms with E-state index in [1.807, 2.05) is 53.8 Å². The highest BCUT2D eigenvalue weighted by Crippen LogP contribution is 2.40. The minimum Gasteiger partial charge on any atom is -0.391 e. The van der Waals surface area contributed by atoms with Crippen LogP contribution in [0.4, 0.5) is 0 Å². The summed E-state index contributed by atoms with van der Waals surface area (Å²) < 4.78 is 7.04. The molecule has 4 rings (SSSR count). The van der Waals surface area contributed by atoms with Crippen LogP contribution in [0.2, 0.25) is 0 Å². The molecule has 2 amide bonds. The SMILES string of the molecule is CC(C)(C)c1cc(CCNC(=O)C2CC(O)CN2C(=O)[C@@H](n2cc(C3CC3)nn2)C(C)(C)C)no1. The second kappa shape index (κ2) is 9.37. The molecule has 0 spiro atoms. The van der Waals surface area contributed by atoms with Crippen molar-refractivity contribution in [2.24, 2.45) is 5.41 Å². The first-order valence-electron chi connectivity index (χ1n) is 12.5. The third kappa shape index (κ3) is 5.74. The van der Waals surface area contributed by atoms with Gasteiger partial charge in [0.05, 0.1) is 17.5 Å². The Morgan fingerprint density at radius 3 is 2.54 bits per heavy atom. The molecule has 2 aliphatic rings. The summed E-state index contributed by atoms with van der Waals surface area (Å²) in [7, 11) is 0. The van der Waals surface area contributed by atoms with Crippen LogP contribution in [0.1, 0.15) is 89.9 Å². The topological polar surface area (TPSA) is 126 Å². The number of rotatable bonds is 7. The molecule has 2 N–H and O–H groups in total. The van der Waals surface area contributed by atoms with Gasteiger partial charge in [-0.05, 0) is 18.3 Å². The number of nitrogens with one attached hydrogen (secondary N) is 1. The molecule has 35 heavy (non-hydrogen) atoms. The van der Waals surface area contributed by atoms with Crippen LogP contribution in [0.15, 0.2) is 16.8 Å². The van der Waals surface area contributed by atoms with Gasteiger partial charge in [0.2, 0.25) is 11.8 Å². The number of aliphatic hydroxyl groups is 1. The second-order valence-electron chi connectivity index (χ2n) is 12.0. The van der Waals surface area contributed by atoms with Crippen molar-refractivity contribution < 1.29 is 19.2 Å². The van der Waals surface area contributed by atoms with E-state index in [4.69, 9.17) is 4.52 Å². The van der Waals surface area contributed by atoms with E-state index in [2.05, 4.69) is 20.8 Å². The number of hydrogen-bond donors (Lipinski definition) is 2. The summed E-state index contributed by atoms with van der Waals surface area (Å²) in [4.78, 5) is 28.3. The van der Waals surface area contributed by atoms with E-state index in [1.54, 1.807) is 4.68 Å². The van der Waals surface area contributed by atoms with E-state index in [0.717, 1.165) is 30.0 Å². The Morgan fingerprint density at radius 1 is 1.23 bits per heavy atom. The Bertz CT molecular complexity index is 1060. The van der Waals surface area contributed by atoms with Crippen LogP contribution in [-0.4, -0.2) is 67.2 Å². The lowest BCUT2D eigenvalue weighted by molar-refractivity contribution is -0.144. The fourth-order valence-electron chi connectivity index (χ4n) is 4.54. The zero-order chi connectivity index (χ0) is 25.5. The number of aliphatic hydroxyl groups excluding tert-OH is 1. The fourth-order valence-corrected chi connectivity index (χ4v) is 4.54. The van der Waals surface area contributed by atoms with Crippen molar-refractivity contribution >= 4 is 11.8 Å². The van der Waals surface area contributed by atoms with Crippen LogP contribution in [0.25, 0.3) is 0 Å². The normalized spacial score (nSPS) is 21.9. The van der Waals surface area contributed by atoms with E-state index in [1.165, 1.54) is 4.90 Å². The van der Waals surface area contributed by atoms with Gasteiger partial charge in [0.15, 0.2) is 0 Å². The minimum absolute atomic E-state index is 0.117. The molecule has 0 bridgehead atoms. The third-order valence-electron chi connectivity index (χ3n) is 6.69. The molecule has 10 heteroatoms. The van der Waals surface area contributed by atoms with Crippen LogP contribution in [0.5, 0.6) is 0 Å². The lowest BCUT2D eigenvalue weighted by Gasteiger charge is -2.34. The number of carbonyl (C=O) groups is 2. The van der Waals surface area contributed by atoms with Crippen LogP contribution < -0.4 is 5.32 Å². The molecule has 2 aromatic rings. The average Bonchev–Trinajstić information content (AvgIpc) is 3.12. The van der Waals surface area contributed by atoms with Gasteiger partial charge in [-0.3, -0.25) is 9.59 Å². The maximum atomic E-state index is 13.8.